The van der Waals surface area contributed by atoms with Gasteiger partial charge >= 0.3 is 0 Å². The molecule has 0 aliphatic rings. The molecule has 4 heteroatoms. The molecular formula is C8H12NO2P. The second-order valence-electron chi connectivity index (χ2n) is 2.49. The molecule has 0 aliphatic heterocycles. The largest absolute Gasteiger partial charge is 0.399 e. The number of benzene rings is 1. The van der Waals surface area contributed by atoms with Crippen molar-refractivity contribution in [1.82, 2.24) is 0 Å². The van der Waals surface area contributed by atoms with Crippen LogP contribution in [0.1, 0.15) is 5.56 Å². The van der Waals surface area contributed by atoms with Gasteiger partial charge in [0, 0.05) is 19.0 Å². The number of rotatable bonds is 3. The monoisotopic (exact) mass is 185 g/mol. The molecule has 0 spiro atoms. The molecule has 1 aromatic rings. The Bertz CT molecular complexity index is 271. The summed E-state index contributed by atoms with van der Waals surface area (Å²) in [4.78, 5) is 0. The van der Waals surface area contributed by atoms with Crippen LogP contribution in [0.25, 0.3) is 0 Å². The Morgan fingerprint density at radius 1 is 1.42 bits per heavy atom. The Labute approximate surface area is 72.4 Å². The molecule has 1 unspecified atom stereocenters. The van der Waals surface area contributed by atoms with Crippen molar-refractivity contribution >= 4 is 13.7 Å². The van der Waals surface area contributed by atoms with Crippen molar-refractivity contribution < 1.29 is 9.09 Å². The number of nitrogen functional groups attached to an aromatic ring is 1. The van der Waals surface area contributed by atoms with Gasteiger partial charge < -0.3 is 10.3 Å². The van der Waals surface area contributed by atoms with Gasteiger partial charge in [-0.15, -0.1) is 0 Å². The Balaban J connectivity index is 2.64. The first-order chi connectivity index (χ1) is 5.72. The maximum Gasteiger partial charge on any atom is 0.195 e. The Morgan fingerprint density at radius 3 is 2.50 bits per heavy atom. The van der Waals surface area contributed by atoms with E-state index in [1.807, 2.05) is 12.1 Å². The summed E-state index contributed by atoms with van der Waals surface area (Å²) < 4.78 is 15.7. The molecule has 0 aromatic heterocycles. The van der Waals surface area contributed by atoms with Crippen molar-refractivity contribution in [1.29, 1.82) is 0 Å². The first-order valence-electron chi connectivity index (χ1n) is 3.63. The van der Waals surface area contributed by atoms with Crippen molar-refractivity contribution in [2.24, 2.45) is 0 Å². The third-order valence-corrected chi connectivity index (χ3v) is 2.71. The average Bonchev–Trinajstić information content (AvgIpc) is 2.09. The normalized spacial score (nSPS) is 12.8. The van der Waals surface area contributed by atoms with Gasteiger partial charge in [0.05, 0.1) is 0 Å². The molecule has 0 aliphatic carbocycles. The maximum absolute atomic E-state index is 11.0. The first-order valence-corrected chi connectivity index (χ1v) is 5.16. The van der Waals surface area contributed by atoms with Gasteiger partial charge in [-0.05, 0) is 17.7 Å². The van der Waals surface area contributed by atoms with Gasteiger partial charge in [0.2, 0.25) is 0 Å². The Hall–Kier alpha value is -0.790. The molecular weight excluding hydrogens is 173 g/mol. The van der Waals surface area contributed by atoms with Crippen LogP contribution in [0.5, 0.6) is 0 Å². The molecule has 3 nitrogen and oxygen atoms in total. The van der Waals surface area contributed by atoms with Crippen molar-refractivity contribution in [2.75, 3.05) is 12.8 Å². The molecule has 1 atom stereocenters. The van der Waals surface area contributed by atoms with Crippen molar-refractivity contribution in [3.63, 3.8) is 0 Å². The van der Waals surface area contributed by atoms with Crippen LogP contribution in [0.2, 0.25) is 0 Å². The number of hydrogen-bond acceptors (Lipinski definition) is 3. The highest BCUT2D eigenvalue weighted by Crippen LogP contribution is 2.26. The zero-order valence-corrected chi connectivity index (χ0v) is 7.91. The SMILES string of the molecule is CO[PH](=O)Cc1ccc(N)cc1. The Morgan fingerprint density at radius 2 is 2.00 bits per heavy atom. The van der Waals surface area contributed by atoms with Gasteiger partial charge in [0.25, 0.3) is 0 Å². The van der Waals surface area contributed by atoms with Crippen LogP contribution in [0, 0.1) is 0 Å². The molecule has 66 valence electrons. The van der Waals surface area contributed by atoms with Crippen LogP contribution in [0.4, 0.5) is 5.69 Å². The lowest BCUT2D eigenvalue weighted by atomic mass is 10.2. The van der Waals surface area contributed by atoms with E-state index in [0.717, 1.165) is 11.3 Å². The summed E-state index contributed by atoms with van der Waals surface area (Å²) in [5, 5.41) is 0. The van der Waals surface area contributed by atoms with E-state index in [2.05, 4.69) is 0 Å². The van der Waals surface area contributed by atoms with Crippen molar-refractivity contribution in [2.45, 2.75) is 6.16 Å². The molecule has 1 rings (SSSR count). The average molecular weight is 185 g/mol. The number of nitrogens with two attached hydrogens (primary N) is 1. The highest BCUT2D eigenvalue weighted by atomic mass is 31.1. The molecule has 0 saturated carbocycles. The summed E-state index contributed by atoms with van der Waals surface area (Å²) in [7, 11) is -0.428. The fourth-order valence-electron chi connectivity index (χ4n) is 0.874. The molecule has 0 radical (unpaired) electrons. The van der Waals surface area contributed by atoms with Crippen molar-refractivity contribution in [3.05, 3.63) is 29.8 Å². The summed E-state index contributed by atoms with van der Waals surface area (Å²) in [5.74, 6) is 0. The van der Waals surface area contributed by atoms with E-state index in [1.165, 1.54) is 7.11 Å². The Kier molecular flexibility index (Phi) is 3.32. The summed E-state index contributed by atoms with van der Waals surface area (Å²) in [5.41, 5.74) is 7.20. The van der Waals surface area contributed by atoms with E-state index in [1.54, 1.807) is 12.1 Å². The van der Waals surface area contributed by atoms with E-state index < -0.39 is 8.03 Å². The summed E-state index contributed by atoms with van der Waals surface area (Å²) in [6.07, 6.45) is 0.488. The van der Waals surface area contributed by atoms with Crippen LogP contribution in [0.15, 0.2) is 24.3 Å². The van der Waals surface area contributed by atoms with E-state index in [9.17, 15) is 4.57 Å². The van der Waals surface area contributed by atoms with Gasteiger partial charge in [-0.3, -0.25) is 4.57 Å². The number of anilines is 1. The molecule has 0 fully saturated rings. The minimum absolute atomic E-state index is 0.488. The van der Waals surface area contributed by atoms with Gasteiger partial charge in [0.1, 0.15) is 0 Å². The van der Waals surface area contributed by atoms with Gasteiger partial charge in [-0.25, -0.2) is 0 Å². The summed E-state index contributed by atoms with van der Waals surface area (Å²) in [6.45, 7) is 0. The first kappa shape index (κ1) is 9.30. The van der Waals surface area contributed by atoms with Gasteiger partial charge in [-0.2, -0.15) is 0 Å². The van der Waals surface area contributed by atoms with Crippen LogP contribution in [-0.2, 0) is 15.3 Å². The smallest absolute Gasteiger partial charge is 0.195 e. The molecule has 0 bridgehead atoms. The molecule has 0 amide bonds. The molecule has 0 heterocycles. The second kappa shape index (κ2) is 4.29. The van der Waals surface area contributed by atoms with Gasteiger partial charge in [0.15, 0.2) is 8.03 Å². The highest BCUT2D eigenvalue weighted by molar-refractivity contribution is 7.38. The van der Waals surface area contributed by atoms with E-state index in [-0.39, 0.29) is 0 Å². The van der Waals surface area contributed by atoms with Crippen LogP contribution >= 0.6 is 8.03 Å². The third kappa shape index (κ3) is 2.68. The third-order valence-electron chi connectivity index (χ3n) is 1.56. The van der Waals surface area contributed by atoms with E-state index in [4.69, 9.17) is 10.3 Å². The zero-order valence-electron chi connectivity index (χ0n) is 6.91. The predicted molar refractivity (Wildman–Crippen MR) is 50.6 cm³/mol. The molecule has 0 saturated heterocycles. The van der Waals surface area contributed by atoms with E-state index in [0.29, 0.717) is 6.16 Å². The van der Waals surface area contributed by atoms with Crippen molar-refractivity contribution in [3.8, 4) is 0 Å². The fourth-order valence-corrected chi connectivity index (χ4v) is 1.59. The highest BCUT2D eigenvalue weighted by Gasteiger charge is 1.98. The van der Waals surface area contributed by atoms with Crippen LogP contribution in [-0.4, -0.2) is 7.11 Å². The lowest BCUT2D eigenvalue weighted by Gasteiger charge is -2.00. The quantitative estimate of drug-likeness (QED) is 0.577. The standard InChI is InChI=1S/C8H12NO2P/c1-11-12(10)6-7-2-4-8(9)5-3-7/h2-5,12H,6,9H2,1H3. The molecule has 1 aromatic carbocycles. The fraction of sp³-hybridized carbons (Fsp3) is 0.250. The van der Waals surface area contributed by atoms with Crippen LogP contribution < -0.4 is 5.73 Å². The lowest BCUT2D eigenvalue weighted by molar-refractivity contribution is 0.414. The summed E-state index contributed by atoms with van der Waals surface area (Å²) in [6, 6.07) is 7.30. The zero-order chi connectivity index (χ0) is 8.97. The second-order valence-corrected chi connectivity index (χ2v) is 4.00. The maximum atomic E-state index is 11.0. The summed E-state index contributed by atoms with van der Waals surface area (Å²) >= 11 is 0. The van der Waals surface area contributed by atoms with E-state index >= 15 is 0 Å². The molecule has 12 heavy (non-hydrogen) atoms. The molecule has 2 N–H and O–H groups in total. The van der Waals surface area contributed by atoms with Gasteiger partial charge in [-0.1, -0.05) is 12.1 Å². The lowest BCUT2D eigenvalue weighted by Crippen LogP contribution is -1.85. The predicted octanol–water partition coefficient (Wildman–Crippen LogP) is 1.89. The topological polar surface area (TPSA) is 52.3 Å². The minimum Gasteiger partial charge on any atom is -0.399 e. The minimum atomic E-state index is -1.88. The number of hydrogen-bond donors (Lipinski definition) is 1. The van der Waals surface area contributed by atoms with Crippen LogP contribution in [0.3, 0.4) is 0 Å².